The first-order valence-electron chi connectivity index (χ1n) is 8.04. The lowest BCUT2D eigenvalue weighted by Crippen LogP contribution is -2.28. The third-order valence-corrected chi connectivity index (χ3v) is 3.76. The Balaban J connectivity index is 1.52. The number of hydrogen-bond acceptors (Lipinski definition) is 5. The van der Waals surface area contributed by atoms with Gasteiger partial charge in [0.25, 0.3) is 5.91 Å². The van der Waals surface area contributed by atoms with Crippen LogP contribution in [0, 0.1) is 13.8 Å². The molecule has 0 aliphatic carbocycles. The molecule has 0 fully saturated rings. The highest BCUT2D eigenvalue weighted by molar-refractivity contribution is 5.94. The normalized spacial score (nSPS) is 10.5. The first-order valence-corrected chi connectivity index (χ1v) is 8.04. The van der Waals surface area contributed by atoms with Gasteiger partial charge in [0.15, 0.2) is 0 Å². The van der Waals surface area contributed by atoms with Gasteiger partial charge in [-0.2, -0.15) is 0 Å². The highest BCUT2D eigenvalue weighted by Gasteiger charge is 2.05. The number of imidazole rings is 1. The highest BCUT2D eigenvalue weighted by Crippen LogP contribution is 2.10. The minimum absolute atomic E-state index is 0.0841. The molecule has 7 nitrogen and oxygen atoms in total. The van der Waals surface area contributed by atoms with Crippen LogP contribution in [0.3, 0.4) is 0 Å². The van der Waals surface area contributed by atoms with E-state index in [1.165, 1.54) is 6.33 Å². The van der Waals surface area contributed by atoms with Gasteiger partial charge < -0.3 is 10.6 Å². The van der Waals surface area contributed by atoms with Crippen molar-refractivity contribution in [2.45, 2.75) is 13.8 Å². The molecule has 7 heteroatoms. The average Bonchev–Trinajstić information content (AvgIpc) is 3.05. The number of rotatable bonds is 6. The fourth-order valence-electron chi connectivity index (χ4n) is 2.37. The van der Waals surface area contributed by atoms with Crippen molar-refractivity contribution in [3.05, 3.63) is 66.0 Å². The van der Waals surface area contributed by atoms with E-state index in [2.05, 4.69) is 25.6 Å². The Morgan fingerprint density at radius 1 is 1.08 bits per heavy atom. The van der Waals surface area contributed by atoms with Crippen molar-refractivity contribution in [3.63, 3.8) is 0 Å². The van der Waals surface area contributed by atoms with Gasteiger partial charge >= 0.3 is 0 Å². The van der Waals surface area contributed by atoms with Gasteiger partial charge in [0.05, 0.1) is 0 Å². The molecule has 25 heavy (non-hydrogen) atoms. The van der Waals surface area contributed by atoms with Crippen LogP contribution >= 0.6 is 0 Å². The van der Waals surface area contributed by atoms with E-state index >= 15 is 0 Å². The van der Waals surface area contributed by atoms with E-state index < -0.39 is 0 Å². The van der Waals surface area contributed by atoms with Crippen molar-refractivity contribution in [3.8, 4) is 5.82 Å². The van der Waals surface area contributed by atoms with Crippen LogP contribution in [-0.2, 0) is 0 Å². The summed E-state index contributed by atoms with van der Waals surface area (Å²) >= 11 is 0. The first kappa shape index (κ1) is 16.6. The number of nitrogens with zero attached hydrogens (tertiary/aromatic N) is 4. The average molecular weight is 336 g/mol. The Kier molecular flexibility index (Phi) is 5.03. The molecule has 0 bridgehead atoms. The minimum atomic E-state index is -0.0841. The second kappa shape index (κ2) is 7.57. The predicted molar refractivity (Wildman–Crippen MR) is 95.9 cm³/mol. The molecule has 2 heterocycles. The summed E-state index contributed by atoms with van der Waals surface area (Å²) in [7, 11) is 0. The number of carbonyl (C=O) groups is 1. The molecule has 0 aliphatic heterocycles. The molecule has 3 rings (SSSR count). The SMILES string of the molecule is Cc1ccc(C(=O)NCCNc2cc(-n3ccnc3C)ncn2)cc1. The summed E-state index contributed by atoms with van der Waals surface area (Å²) in [5, 5.41) is 6.06. The second-order valence-electron chi connectivity index (χ2n) is 5.65. The van der Waals surface area contributed by atoms with E-state index in [9.17, 15) is 4.79 Å². The predicted octanol–water partition coefficient (Wildman–Crippen LogP) is 2.12. The van der Waals surface area contributed by atoms with E-state index in [1.54, 1.807) is 6.20 Å². The number of carbonyl (C=O) groups excluding carboxylic acids is 1. The quantitative estimate of drug-likeness (QED) is 0.674. The number of anilines is 1. The van der Waals surface area contributed by atoms with Crippen molar-refractivity contribution < 1.29 is 4.79 Å². The first-order chi connectivity index (χ1) is 12.1. The maximum absolute atomic E-state index is 12.0. The molecular formula is C18H20N6O. The van der Waals surface area contributed by atoms with Crippen LogP contribution in [0.1, 0.15) is 21.7 Å². The van der Waals surface area contributed by atoms with Crippen molar-refractivity contribution in [2.75, 3.05) is 18.4 Å². The highest BCUT2D eigenvalue weighted by atomic mass is 16.1. The number of hydrogen-bond donors (Lipinski definition) is 2. The third-order valence-electron chi connectivity index (χ3n) is 3.76. The molecule has 1 aromatic carbocycles. The molecule has 128 valence electrons. The zero-order valence-electron chi connectivity index (χ0n) is 14.2. The van der Waals surface area contributed by atoms with Gasteiger partial charge in [0.2, 0.25) is 0 Å². The van der Waals surface area contributed by atoms with Crippen LogP contribution < -0.4 is 10.6 Å². The summed E-state index contributed by atoms with van der Waals surface area (Å²) in [5.74, 6) is 2.22. The van der Waals surface area contributed by atoms with Gasteiger partial charge in [-0.25, -0.2) is 15.0 Å². The Labute approximate surface area is 146 Å². The maximum atomic E-state index is 12.0. The lowest BCUT2D eigenvalue weighted by atomic mass is 10.1. The fraction of sp³-hybridized carbons (Fsp3) is 0.222. The summed E-state index contributed by atoms with van der Waals surface area (Å²) < 4.78 is 1.88. The van der Waals surface area contributed by atoms with Crippen LogP contribution in [0.4, 0.5) is 5.82 Å². The molecule has 0 spiro atoms. The molecule has 0 aliphatic rings. The summed E-state index contributed by atoms with van der Waals surface area (Å²) in [6, 6.07) is 9.34. The molecule has 0 radical (unpaired) electrons. The zero-order valence-corrected chi connectivity index (χ0v) is 14.2. The second-order valence-corrected chi connectivity index (χ2v) is 5.65. The summed E-state index contributed by atoms with van der Waals surface area (Å²) in [6.07, 6.45) is 5.08. The zero-order chi connectivity index (χ0) is 17.6. The molecular weight excluding hydrogens is 316 g/mol. The smallest absolute Gasteiger partial charge is 0.251 e. The number of aryl methyl sites for hydroxylation is 2. The van der Waals surface area contributed by atoms with E-state index in [-0.39, 0.29) is 5.91 Å². The molecule has 3 aromatic rings. The molecule has 0 saturated carbocycles. The Morgan fingerprint density at radius 3 is 2.60 bits per heavy atom. The minimum Gasteiger partial charge on any atom is -0.368 e. The van der Waals surface area contributed by atoms with Crippen LogP contribution in [0.5, 0.6) is 0 Å². The topological polar surface area (TPSA) is 84.7 Å². The number of amides is 1. The van der Waals surface area contributed by atoms with E-state index in [1.807, 2.05) is 54.9 Å². The Bertz CT molecular complexity index is 856. The third kappa shape index (κ3) is 4.20. The summed E-state index contributed by atoms with van der Waals surface area (Å²) in [4.78, 5) is 24.7. The number of nitrogens with one attached hydrogen (secondary N) is 2. The molecule has 2 aromatic heterocycles. The lowest BCUT2D eigenvalue weighted by Gasteiger charge is -2.09. The van der Waals surface area contributed by atoms with Crippen molar-refractivity contribution >= 4 is 11.7 Å². The van der Waals surface area contributed by atoms with E-state index in [4.69, 9.17) is 0 Å². The van der Waals surface area contributed by atoms with Crippen molar-refractivity contribution in [1.29, 1.82) is 0 Å². The monoisotopic (exact) mass is 336 g/mol. The maximum Gasteiger partial charge on any atom is 0.251 e. The molecule has 0 unspecified atom stereocenters. The largest absolute Gasteiger partial charge is 0.368 e. The fourth-order valence-corrected chi connectivity index (χ4v) is 2.37. The van der Waals surface area contributed by atoms with Crippen molar-refractivity contribution in [2.24, 2.45) is 0 Å². The molecule has 0 saturated heterocycles. The van der Waals surface area contributed by atoms with Gasteiger partial charge in [-0.05, 0) is 26.0 Å². The van der Waals surface area contributed by atoms with Crippen LogP contribution in [0.2, 0.25) is 0 Å². The summed E-state index contributed by atoms with van der Waals surface area (Å²) in [5.41, 5.74) is 1.79. The van der Waals surface area contributed by atoms with Crippen molar-refractivity contribution in [1.82, 2.24) is 24.8 Å². The van der Waals surface area contributed by atoms with Gasteiger partial charge in [-0.1, -0.05) is 17.7 Å². The van der Waals surface area contributed by atoms with Gasteiger partial charge in [-0.3, -0.25) is 9.36 Å². The Hall–Kier alpha value is -3.22. The molecule has 2 N–H and O–H groups in total. The van der Waals surface area contributed by atoms with Crippen LogP contribution in [0.25, 0.3) is 5.82 Å². The lowest BCUT2D eigenvalue weighted by molar-refractivity contribution is 0.0955. The van der Waals surface area contributed by atoms with Gasteiger partial charge in [0, 0.05) is 37.1 Å². The van der Waals surface area contributed by atoms with Crippen LogP contribution in [-0.4, -0.2) is 38.5 Å². The number of benzene rings is 1. The standard InChI is InChI=1S/C18H20N6O/c1-13-3-5-15(6-4-13)18(25)21-8-7-20-16-11-17(23-12-22-16)24-10-9-19-14(24)2/h3-6,9-12H,7-8H2,1-2H3,(H,21,25)(H,20,22,23). The van der Waals surface area contributed by atoms with Gasteiger partial charge in [-0.15, -0.1) is 0 Å². The van der Waals surface area contributed by atoms with Gasteiger partial charge in [0.1, 0.15) is 23.8 Å². The molecule has 0 atom stereocenters. The van der Waals surface area contributed by atoms with Crippen LogP contribution in [0.15, 0.2) is 49.1 Å². The Morgan fingerprint density at radius 2 is 1.88 bits per heavy atom. The summed E-state index contributed by atoms with van der Waals surface area (Å²) in [6.45, 7) is 4.97. The van der Waals surface area contributed by atoms with E-state index in [0.717, 1.165) is 17.2 Å². The van der Waals surface area contributed by atoms with E-state index in [0.29, 0.717) is 24.5 Å². The number of aromatic nitrogens is 4. The molecule has 1 amide bonds.